The quantitative estimate of drug-likeness (QED) is 0.481. The first-order valence-electron chi connectivity index (χ1n) is 8.76. The maximum atomic E-state index is 12.8. The average molecular weight is 428 g/mol. The molecule has 0 bridgehead atoms. The number of amides is 1. The number of carboxylic acids is 1. The van der Waals surface area contributed by atoms with E-state index in [0.717, 1.165) is 15.2 Å². The van der Waals surface area contributed by atoms with E-state index in [9.17, 15) is 14.7 Å². The van der Waals surface area contributed by atoms with E-state index >= 15 is 0 Å². The SMILES string of the molecule is CC(C)(NC(=O)c1sc2ncccc2c1OCc1nc2ccccc2s1)C(=O)O. The van der Waals surface area contributed by atoms with Crippen LogP contribution in [0.25, 0.3) is 20.4 Å². The van der Waals surface area contributed by atoms with Crippen LogP contribution in [-0.4, -0.2) is 32.5 Å². The van der Waals surface area contributed by atoms with Gasteiger partial charge in [-0.05, 0) is 38.1 Å². The smallest absolute Gasteiger partial charge is 0.328 e. The monoisotopic (exact) mass is 427 g/mol. The van der Waals surface area contributed by atoms with Gasteiger partial charge in [0, 0.05) is 6.20 Å². The maximum absolute atomic E-state index is 12.8. The molecule has 9 heteroatoms. The summed E-state index contributed by atoms with van der Waals surface area (Å²) in [6.45, 7) is 3.06. The molecule has 0 unspecified atom stereocenters. The topological polar surface area (TPSA) is 101 Å². The highest BCUT2D eigenvalue weighted by Gasteiger charge is 2.32. The molecule has 0 fully saturated rings. The van der Waals surface area contributed by atoms with E-state index < -0.39 is 17.4 Å². The first-order valence-corrected chi connectivity index (χ1v) is 10.4. The highest BCUT2D eigenvalue weighted by Crippen LogP contribution is 2.37. The van der Waals surface area contributed by atoms with E-state index in [1.807, 2.05) is 30.3 Å². The van der Waals surface area contributed by atoms with E-state index in [4.69, 9.17) is 4.74 Å². The standard InChI is InChI=1S/C20H17N3O4S2/c1-20(2,19(25)26)23-17(24)16-15(11-6-5-9-21-18(11)29-16)27-10-14-22-12-7-3-4-8-13(12)28-14/h3-9H,10H2,1-2H3,(H,23,24)(H,25,26). The Bertz CT molecular complexity index is 1200. The van der Waals surface area contributed by atoms with E-state index in [0.29, 0.717) is 16.0 Å². The molecule has 3 heterocycles. The fourth-order valence-electron chi connectivity index (χ4n) is 2.71. The number of carbonyl (C=O) groups excluding carboxylic acids is 1. The molecule has 29 heavy (non-hydrogen) atoms. The number of rotatable bonds is 6. The van der Waals surface area contributed by atoms with Crippen LogP contribution in [-0.2, 0) is 11.4 Å². The molecule has 0 radical (unpaired) electrons. The van der Waals surface area contributed by atoms with Crippen molar-refractivity contribution >= 4 is 55.0 Å². The highest BCUT2D eigenvalue weighted by molar-refractivity contribution is 7.21. The molecular weight excluding hydrogens is 410 g/mol. The summed E-state index contributed by atoms with van der Waals surface area (Å²) in [6, 6.07) is 11.4. The second-order valence-electron chi connectivity index (χ2n) is 6.86. The second-order valence-corrected chi connectivity index (χ2v) is 8.98. The predicted octanol–water partition coefficient (Wildman–Crippen LogP) is 4.08. The molecule has 0 spiro atoms. The molecule has 0 saturated heterocycles. The van der Waals surface area contributed by atoms with Gasteiger partial charge in [0.25, 0.3) is 5.91 Å². The lowest BCUT2D eigenvalue weighted by Crippen LogP contribution is -2.49. The van der Waals surface area contributed by atoms with Gasteiger partial charge in [0.15, 0.2) is 5.75 Å². The van der Waals surface area contributed by atoms with Crippen molar-refractivity contribution in [2.75, 3.05) is 0 Å². The number of benzene rings is 1. The average Bonchev–Trinajstić information content (AvgIpc) is 3.26. The number of aliphatic carboxylic acids is 1. The number of nitrogens with zero attached hydrogens (tertiary/aromatic N) is 2. The highest BCUT2D eigenvalue weighted by atomic mass is 32.1. The Labute approximate surface area is 174 Å². The van der Waals surface area contributed by atoms with Gasteiger partial charge >= 0.3 is 5.97 Å². The fraction of sp³-hybridized carbons (Fsp3) is 0.200. The van der Waals surface area contributed by atoms with Crippen LogP contribution in [0.4, 0.5) is 0 Å². The number of thiazole rings is 1. The number of carboxylic acid groups (broad SMARTS) is 1. The number of aromatic nitrogens is 2. The van der Waals surface area contributed by atoms with Crippen LogP contribution in [0.1, 0.15) is 28.5 Å². The van der Waals surface area contributed by atoms with Crippen LogP contribution in [0.3, 0.4) is 0 Å². The third-order valence-corrected chi connectivity index (χ3v) is 6.37. The molecule has 0 saturated carbocycles. The third kappa shape index (κ3) is 3.79. The summed E-state index contributed by atoms with van der Waals surface area (Å²) in [5.74, 6) is -1.25. The first-order chi connectivity index (χ1) is 13.8. The van der Waals surface area contributed by atoms with Gasteiger partial charge in [0.05, 0.1) is 15.6 Å². The molecule has 0 aliphatic heterocycles. The summed E-state index contributed by atoms with van der Waals surface area (Å²) in [5.41, 5.74) is -0.514. The van der Waals surface area contributed by atoms with Crippen molar-refractivity contribution in [3.05, 3.63) is 52.5 Å². The Kier molecular flexibility index (Phi) is 4.93. The molecule has 148 valence electrons. The zero-order valence-corrected chi connectivity index (χ0v) is 17.3. The molecule has 3 aromatic heterocycles. The zero-order chi connectivity index (χ0) is 20.6. The van der Waals surface area contributed by atoms with Crippen molar-refractivity contribution < 1.29 is 19.4 Å². The minimum absolute atomic E-state index is 0.197. The van der Waals surface area contributed by atoms with E-state index in [2.05, 4.69) is 15.3 Å². The molecule has 2 N–H and O–H groups in total. The third-order valence-electron chi connectivity index (χ3n) is 4.27. The molecule has 4 rings (SSSR count). The zero-order valence-electron chi connectivity index (χ0n) is 15.6. The van der Waals surface area contributed by atoms with E-state index in [1.54, 1.807) is 12.3 Å². The van der Waals surface area contributed by atoms with Crippen LogP contribution in [0.5, 0.6) is 5.75 Å². The minimum atomic E-state index is -1.41. The van der Waals surface area contributed by atoms with Gasteiger partial charge in [-0.3, -0.25) is 4.79 Å². The van der Waals surface area contributed by atoms with E-state index in [-0.39, 0.29) is 11.5 Å². The number of hydrogen-bond donors (Lipinski definition) is 2. The van der Waals surface area contributed by atoms with E-state index in [1.165, 1.54) is 36.5 Å². The minimum Gasteiger partial charge on any atom is -0.484 e. The number of pyridine rings is 1. The molecule has 1 amide bonds. The van der Waals surface area contributed by atoms with Crippen LogP contribution in [0, 0.1) is 0 Å². The molecule has 7 nitrogen and oxygen atoms in total. The van der Waals surface area contributed by atoms with Gasteiger partial charge in [-0.15, -0.1) is 22.7 Å². The summed E-state index contributed by atoms with van der Waals surface area (Å²) < 4.78 is 7.07. The molecule has 0 aliphatic rings. The summed E-state index contributed by atoms with van der Waals surface area (Å²) >= 11 is 2.69. The van der Waals surface area contributed by atoms with Crippen LogP contribution < -0.4 is 10.1 Å². The van der Waals surface area contributed by atoms with Crippen molar-refractivity contribution in [1.82, 2.24) is 15.3 Å². The lowest BCUT2D eigenvalue weighted by Gasteiger charge is -2.20. The van der Waals surface area contributed by atoms with Crippen LogP contribution >= 0.6 is 22.7 Å². The molecule has 0 atom stereocenters. The van der Waals surface area contributed by atoms with Crippen molar-refractivity contribution in [3.63, 3.8) is 0 Å². The first kappa shape index (κ1) is 19.3. The lowest BCUT2D eigenvalue weighted by molar-refractivity contribution is -0.143. The Hall–Kier alpha value is -3.04. The van der Waals surface area contributed by atoms with Gasteiger partial charge in [-0.25, -0.2) is 14.8 Å². The van der Waals surface area contributed by atoms with Gasteiger partial charge < -0.3 is 15.2 Å². The van der Waals surface area contributed by atoms with Crippen molar-refractivity contribution in [3.8, 4) is 5.75 Å². The number of fused-ring (bicyclic) bond motifs is 2. The molecule has 4 aromatic rings. The predicted molar refractivity (Wildman–Crippen MR) is 113 cm³/mol. The number of thiophene rings is 1. The summed E-state index contributed by atoms with van der Waals surface area (Å²) in [4.78, 5) is 34.0. The lowest BCUT2D eigenvalue weighted by atomic mass is 10.1. The van der Waals surface area contributed by atoms with Gasteiger partial charge in [0.2, 0.25) is 0 Å². The maximum Gasteiger partial charge on any atom is 0.328 e. The Morgan fingerprint density at radius 2 is 1.97 bits per heavy atom. The summed E-state index contributed by atoms with van der Waals surface area (Å²) in [7, 11) is 0. The van der Waals surface area contributed by atoms with Gasteiger partial charge in [-0.2, -0.15) is 0 Å². The summed E-state index contributed by atoms with van der Waals surface area (Å²) in [5, 5.41) is 13.3. The van der Waals surface area contributed by atoms with Gasteiger partial charge in [-0.1, -0.05) is 12.1 Å². The summed E-state index contributed by atoms with van der Waals surface area (Å²) in [6.07, 6.45) is 1.64. The van der Waals surface area contributed by atoms with Crippen molar-refractivity contribution in [1.29, 1.82) is 0 Å². The Balaban J connectivity index is 1.66. The molecule has 0 aliphatic carbocycles. The van der Waals surface area contributed by atoms with Gasteiger partial charge in [0.1, 0.15) is 26.9 Å². The number of para-hydroxylation sites is 1. The Morgan fingerprint density at radius 3 is 2.72 bits per heavy atom. The van der Waals surface area contributed by atoms with Crippen LogP contribution in [0.15, 0.2) is 42.6 Å². The van der Waals surface area contributed by atoms with Crippen molar-refractivity contribution in [2.24, 2.45) is 0 Å². The molecular formula is C20H17N3O4S2. The number of hydrogen-bond acceptors (Lipinski definition) is 7. The molecule has 1 aromatic carbocycles. The number of ether oxygens (including phenoxy) is 1. The second kappa shape index (κ2) is 7.41. The van der Waals surface area contributed by atoms with Crippen molar-refractivity contribution in [2.45, 2.75) is 26.0 Å². The Morgan fingerprint density at radius 1 is 1.17 bits per heavy atom. The fourth-order valence-corrected chi connectivity index (χ4v) is 4.58. The number of carbonyl (C=O) groups is 2. The largest absolute Gasteiger partial charge is 0.484 e. The van der Waals surface area contributed by atoms with Crippen LogP contribution in [0.2, 0.25) is 0 Å². The normalized spacial score (nSPS) is 11.7. The number of nitrogens with one attached hydrogen (secondary N) is 1.